The van der Waals surface area contributed by atoms with Crippen LogP contribution in [0.4, 0.5) is 34.1 Å². The fourth-order valence-electron chi connectivity index (χ4n) is 17.2. The molecule has 0 spiro atoms. The molecule has 3 heteroatoms. The molecule has 0 saturated carbocycles. The topological polar surface area (TPSA) is 6.48 Å². The molecule has 2 heterocycles. The summed E-state index contributed by atoms with van der Waals surface area (Å²) < 4.78 is 46.8. The Morgan fingerprint density at radius 3 is 1.20 bits per heavy atom. The molecule has 0 aromatic heterocycles. The molecule has 0 fully saturated rings. The molecule has 0 atom stereocenters. The van der Waals surface area contributed by atoms with Crippen molar-refractivity contribution in [3.8, 4) is 89.0 Å². The van der Waals surface area contributed by atoms with Crippen molar-refractivity contribution in [1.29, 1.82) is 0 Å². The second-order valence-electron chi connectivity index (χ2n) is 32.0. The van der Waals surface area contributed by atoms with Crippen LogP contribution in [0.3, 0.4) is 0 Å². The number of hydrogen-bond donors (Lipinski definition) is 0. The van der Waals surface area contributed by atoms with Crippen LogP contribution < -0.4 is 26.2 Å². The molecule has 0 N–H and O–H groups in total. The lowest BCUT2D eigenvalue weighted by Gasteiger charge is -2.46. The van der Waals surface area contributed by atoms with Crippen LogP contribution in [0.5, 0.6) is 0 Å². The van der Waals surface area contributed by atoms with E-state index in [9.17, 15) is 5.48 Å². The van der Waals surface area contributed by atoms with Gasteiger partial charge in [0.15, 0.2) is 0 Å². The van der Waals surface area contributed by atoms with Crippen molar-refractivity contribution >= 4 is 57.2 Å². The van der Waals surface area contributed by atoms with Crippen molar-refractivity contribution in [3.63, 3.8) is 0 Å². The first-order valence-corrected chi connectivity index (χ1v) is 37.3. The number of nitrogens with zero attached hydrogens (tertiary/aromatic N) is 2. The van der Waals surface area contributed by atoms with Gasteiger partial charge in [-0.05, 0) is 175 Å². The van der Waals surface area contributed by atoms with Crippen LogP contribution >= 0.6 is 0 Å². The summed E-state index contributed by atoms with van der Waals surface area (Å²) in [6.07, 6.45) is 0. The van der Waals surface area contributed by atoms with Gasteiger partial charge in [0.05, 0.1) is 23.6 Å². The van der Waals surface area contributed by atoms with E-state index >= 15 is 0 Å². The Balaban J connectivity index is 1.06. The second-order valence-corrected chi connectivity index (χ2v) is 32.0. The zero-order valence-electron chi connectivity index (χ0n) is 66.6. The van der Waals surface area contributed by atoms with Gasteiger partial charge in [0, 0.05) is 45.0 Å². The number of fused-ring (bicyclic) bond motifs is 7. The standard InChI is InChI=1S/C103H85BN2/c1-100(2,3)79-59-75(60-80(65-79)101(4,5)6)76-63-94-97-95(64-76)106(99-87(71-41-23-13-24-42-71)66-81(102(7,8)9)67-88(99)72-43-25-14-26-44-72)93-62-74(82-50-33-53-86-85-49-31-32-54-89(85)103(96(82)86,77-45-27-15-28-46-77)78-47-29-16-30-48-78)55-57-90(93)104(97)91-61-73(68-35-17-10-18-36-68)56-58-92(91)105(94)98-83(69-37-19-11-20-38-69)51-34-52-84(98)70-39-21-12-22-40-70/h10-67H,1-9H3/i10D,17D,18D,35D,36D. The second kappa shape index (κ2) is 25.7. The van der Waals surface area contributed by atoms with E-state index < -0.39 is 18.2 Å². The fourth-order valence-corrected chi connectivity index (χ4v) is 17.2. The number of rotatable bonds is 11. The molecule has 0 bridgehead atoms. The third kappa shape index (κ3) is 11.0. The first-order valence-electron chi connectivity index (χ1n) is 39.8. The summed E-state index contributed by atoms with van der Waals surface area (Å²) in [6, 6.07) is 117. The molecule has 2 nitrogen and oxygen atoms in total. The Morgan fingerprint density at radius 1 is 0.274 bits per heavy atom. The molecule has 15 aromatic rings. The van der Waals surface area contributed by atoms with E-state index in [4.69, 9.17) is 1.37 Å². The summed E-state index contributed by atoms with van der Waals surface area (Å²) in [5.41, 5.74) is 31.5. The third-order valence-electron chi connectivity index (χ3n) is 22.4. The van der Waals surface area contributed by atoms with Gasteiger partial charge in [-0.3, -0.25) is 0 Å². The molecule has 15 aromatic carbocycles. The van der Waals surface area contributed by atoms with E-state index in [0.717, 1.165) is 117 Å². The molecule has 0 saturated heterocycles. The van der Waals surface area contributed by atoms with Gasteiger partial charge < -0.3 is 9.80 Å². The van der Waals surface area contributed by atoms with Crippen LogP contribution in [-0.4, -0.2) is 6.71 Å². The molecule has 106 heavy (non-hydrogen) atoms. The number of para-hydroxylation sites is 1. The molecule has 510 valence electrons. The average Bonchev–Trinajstić information content (AvgIpc) is 1.55. The molecular formula is C103H85BN2. The van der Waals surface area contributed by atoms with Crippen LogP contribution in [-0.2, 0) is 21.7 Å². The lowest BCUT2D eigenvalue weighted by Crippen LogP contribution is -2.61. The van der Waals surface area contributed by atoms with Gasteiger partial charge in [0.1, 0.15) is 0 Å². The summed E-state index contributed by atoms with van der Waals surface area (Å²) in [6.45, 7) is 20.3. The van der Waals surface area contributed by atoms with Gasteiger partial charge in [-0.1, -0.05) is 378 Å². The molecule has 0 unspecified atom stereocenters. The lowest BCUT2D eigenvalue weighted by molar-refractivity contribution is 0.569. The zero-order chi connectivity index (χ0) is 76.6. The Kier molecular flexibility index (Phi) is 14.6. The number of anilines is 6. The SMILES string of the molecule is [2H]c1c([2H])c([2H])c(-c2ccc3c(c2)B2c4ccc(-c5cccc6c5C(c5ccccc5)(c5ccccc5)c5ccccc5-6)cc4N(c4c(-c5ccccc5)cc(C(C)(C)C)cc4-c4ccccc4)c4cc(-c5cc(C(C)(C)C)cc(C(C)(C)C)c5)cc(c42)N3c2c(-c3ccccc3)cccc2-c2ccccc2)c([2H])c1[2H]. The van der Waals surface area contributed by atoms with Crippen LogP contribution in [0.1, 0.15) is 108 Å². The van der Waals surface area contributed by atoms with Crippen molar-refractivity contribution in [2.45, 2.75) is 84.0 Å². The summed E-state index contributed by atoms with van der Waals surface area (Å²) in [5, 5.41) is 0. The summed E-state index contributed by atoms with van der Waals surface area (Å²) in [4.78, 5) is 5.17. The smallest absolute Gasteiger partial charge is 0.252 e. The molecule has 0 radical (unpaired) electrons. The van der Waals surface area contributed by atoms with Gasteiger partial charge >= 0.3 is 0 Å². The van der Waals surface area contributed by atoms with Crippen molar-refractivity contribution in [1.82, 2.24) is 0 Å². The maximum atomic E-state index is 9.73. The first-order chi connectivity index (χ1) is 53.6. The van der Waals surface area contributed by atoms with E-state index in [1.165, 1.54) is 50.1 Å². The van der Waals surface area contributed by atoms with Gasteiger partial charge in [-0.15, -0.1) is 0 Å². The maximum absolute atomic E-state index is 9.73. The zero-order valence-corrected chi connectivity index (χ0v) is 61.6. The van der Waals surface area contributed by atoms with Gasteiger partial charge in [0.2, 0.25) is 0 Å². The highest BCUT2D eigenvalue weighted by Gasteiger charge is 2.50. The number of benzene rings is 15. The molecule has 18 rings (SSSR count). The normalized spacial score (nSPS) is 14.0. The predicted octanol–water partition coefficient (Wildman–Crippen LogP) is 25.7. The Bertz CT molecular complexity index is 5980. The van der Waals surface area contributed by atoms with Crippen molar-refractivity contribution in [2.75, 3.05) is 9.80 Å². The first kappa shape index (κ1) is 60.4. The summed E-state index contributed by atoms with van der Waals surface area (Å²) in [7, 11) is 0. The van der Waals surface area contributed by atoms with Gasteiger partial charge in [0.25, 0.3) is 6.71 Å². The van der Waals surface area contributed by atoms with Crippen LogP contribution in [0.15, 0.2) is 352 Å². The summed E-state index contributed by atoms with van der Waals surface area (Å²) >= 11 is 0. The largest absolute Gasteiger partial charge is 0.310 e. The van der Waals surface area contributed by atoms with Gasteiger partial charge in [-0.2, -0.15) is 0 Å². The minimum atomic E-state index is -0.742. The number of hydrogen-bond acceptors (Lipinski definition) is 2. The highest BCUT2D eigenvalue weighted by atomic mass is 15.2. The molecule has 2 aliphatic heterocycles. The molecule has 0 amide bonds. The van der Waals surface area contributed by atoms with E-state index in [0.29, 0.717) is 5.56 Å². The van der Waals surface area contributed by atoms with Crippen molar-refractivity contribution in [2.24, 2.45) is 0 Å². The molecule has 3 aliphatic rings. The lowest BCUT2D eigenvalue weighted by atomic mass is 9.33. The van der Waals surface area contributed by atoms with E-state index in [2.05, 4.69) is 388 Å². The summed E-state index contributed by atoms with van der Waals surface area (Å²) in [5.74, 6) is 0. The Morgan fingerprint density at radius 2 is 0.679 bits per heavy atom. The third-order valence-corrected chi connectivity index (χ3v) is 22.4. The van der Waals surface area contributed by atoms with Crippen LogP contribution in [0.2, 0.25) is 0 Å². The highest BCUT2D eigenvalue weighted by Crippen LogP contribution is 2.60. The predicted molar refractivity (Wildman–Crippen MR) is 452 cm³/mol. The average molecular weight is 1370 g/mol. The Hall–Kier alpha value is -12.0. The fraction of sp³-hybridized carbons (Fsp3) is 0.126. The Labute approximate surface area is 633 Å². The monoisotopic (exact) mass is 1370 g/mol. The van der Waals surface area contributed by atoms with Crippen molar-refractivity contribution < 1.29 is 6.85 Å². The molecular weight excluding hydrogens is 1280 g/mol. The van der Waals surface area contributed by atoms with Crippen LogP contribution in [0, 0.1) is 0 Å². The quantitative estimate of drug-likeness (QED) is 0.119. The highest BCUT2D eigenvalue weighted by molar-refractivity contribution is 7.00. The minimum absolute atomic E-state index is 0.144. The minimum Gasteiger partial charge on any atom is -0.310 e. The maximum Gasteiger partial charge on any atom is 0.252 e. The van der Waals surface area contributed by atoms with Crippen molar-refractivity contribution in [3.05, 3.63) is 391 Å². The van der Waals surface area contributed by atoms with E-state index in [1.807, 2.05) is 6.07 Å². The van der Waals surface area contributed by atoms with Gasteiger partial charge in [-0.25, -0.2) is 0 Å². The van der Waals surface area contributed by atoms with Crippen LogP contribution in [0.25, 0.3) is 89.0 Å². The van der Waals surface area contributed by atoms with E-state index in [-0.39, 0.29) is 46.0 Å². The van der Waals surface area contributed by atoms with E-state index in [1.54, 1.807) is 0 Å². The molecule has 1 aliphatic carbocycles.